The first-order chi connectivity index (χ1) is 9.28. The van der Waals surface area contributed by atoms with Crippen LogP contribution in [0, 0.1) is 0 Å². The first-order valence-electron chi connectivity index (χ1n) is 6.61. The number of hydrogen-bond acceptors (Lipinski definition) is 5. The van der Waals surface area contributed by atoms with Gasteiger partial charge < -0.3 is 10.3 Å². The summed E-state index contributed by atoms with van der Waals surface area (Å²) < 4.78 is 5.39. The SMILES string of the molecule is CCCC(N)c1noc(C2Cc3ccccc3S2)n1. The van der Waals surface area contributed by atoms with Gasteiger partial charge in [0.2, 0.25) is 5.89 Å². The number of thioether (sulfide) groups is 1. The highest BCUT2D eigenvalue weighted by atomic mass is 32.2. The lowest BCUT2D eigenvalue weighted by molar-refractivity contribution is 0.367. The van der Waals surface area contributed by atoms with Crippen LogP contribution >= 0.6 is 11.8 Å². The van der Waals surface area contributed by atoms with Gasteiger partial charge in [0.05, 0.1) is 11.3 Å². The van der Waals surface area contributed by atoms with Crippen molar-refractivity contribution in [3.63, 3.8) is 0 Å². The molecule has 2 heterocycles. The Hall–Kier alpha value is -1.33. The van der Waals surface area contributed by atoms with E-state index in [4.69, 9.17) is 10.3 Å². The molecule has 3 rings (SSSR count). The highest BCUT2D eigenvalue weighted by Gasteiger charge is 2.28. The van der Waals surface area contributed by atoms with Crippen LogP contribution in [0.3, 0.4) is 0 Å². The van der Waals surface area contributed by atoms with Crippen molar-refractivity contribution in [1.29, 1.82) is 0 Å². The van der Waals surface area contributed by atoms with Crippen LogP contribution in [0.1, 0.15) is 48.3 Å². The van der Waals surface area contributed by atoms with E-state index in [1.54, 1.807) is 11.8 Å². The molecule has 2 unspecified atom stereocenters. The standard InChI is InChI=1S/C14H17N3OS/c1-2-5-10(15)13-16-14(18-17-13)12-8-9-6-3-4-7-11(9)19-12/h3-4,6-7,10,12H,2,5,8,15H2,1H3. The summed E-state index contributed by atoms with van der Waals surface area (Å²) >= 11 is 1.79. The molecule has 0 saturated heterocycles. The summed E-state index contributed by atoms with van der Waals surface area (Å²) in [5.74, 6) is 1.33. The molecule has 1 aromatic heterocycles. The van der Waals surface area contributed by atoms with Gasteiger partial charge in [0.15, 0.2) is 5.82 Å². The zero-order chi connectivity index (χ0) is 13.2. The van der Waals surface area contributed by atoms with Crippen LogP contribution in [0.5, 0.6) is 0 Å². The highest BCUT2D eigenvalue weighted by molar-refractivity contribution is 7.99. The maximum atomic E-state index is 6.01. The molecule has 2 N–H and O–H groups in total. The topological polar surface area (TPSA) is 64.9 Å². The molecule has 1 aliphatic heterocycles. The molecule has 1 aliphatic rings. The lowest BCUT2D eigenvalue weighted by atomic mass is 10.1. The molecule has 0 fully saturated rings. The maximum Gasteiger partial charge on any atom is 0.240 e. The van der Waals surface area contributed by atoms with Gasteiger partial charge in [-0.1, -0.05) is 36.7 Å². The first kappa shape index (κ1) is 12.7. The Morgan fingerprint density at radius 3 is 3.11 bits per heavy atom. The second kappa shape index (κ2) is 5.35. The molecular formula is C14H17N3OS. The van der Waals surface area contributed by atoms with Crippen molar-refractivity contribution in [2.24, 2.45) is 5.73 Å². The molecule has 0 amide bonds. The molecule has 0 saturated carbocycles. The molecule has 0 radical (unpaired) electrons. The van der Waals surface area contributed by atoms with Crippen molar-refractivity contribution < 1.29 is 4.52 Å². The van der Waals surface area contributed by atoms with Gasteiger partial charge in [-0.15, -0.1) is 11.8 Å². The average molecular weight is 275 g/mol. The number of nitrogens with zero attached hydrogens (tertiary/aromatic N) is 2. The van der Waals surface area contributed by atoms with E-state index in [0.717, 1.165) is 19.3 Å². The lowest BCUT2D eigenvalue weighted by Crippen LogP contribution is -2.11. The molecule has 0 spiro atoms. The predicted molar refractivity (Wildman–Crippen MR) is 74.9 cm³/mol. The van der Waals surface area contributed by atoms with E-state index >= 15 is 0 Å². The van der Waals surface area contributed by atoms with Gasteiger partial charge in [-0.3, -0.25) is 0 Å². The summed E-state index contributed by atoms with van der Waals surface area (Å²) in [5, 5.41) is 4.25. The smallest absolute Gasteiger partial charge is 0.240 e. The van der Waals surface area contributed by atoms with Crippen LogP contribution in [0.15, 0.2) is 33.7 Å². The number of rotatable bonds is 4. The van der Waals surface area contributed by atoms with E-state index in [0.29, 0.717) is 11.7 Å². The van der Waals surface area contributed by atoms with E-state index in [9.17, 15) is 0 Å². The summed E-state index contributed by atoms with van der Waals surface area (Å²) in [4.78, 5) is 5.78. The number of nitrogens with two attached hydrogens (primary N) is 1. The van der Waals surface area contributed by atoms with Gasteiger partial charge in [-0.05, 0) is 24.5 Å². The second-order valence-corrected chi connectivity index (χ2v) is 6.05. The van der Waals surface area contributed by atoms with Gasteiger partial charge in [0.25, 0.3) is 0 Å². The fourth-order valence-electron chi connectivity index (χ4n) is 2.29. The van der Waals surface area contributed by atoms with Crippen LogP contribution in [0.2, 0.25) is 0 Å². The minimum absolute atomic E-state index is 0.115. The molecule has 0 aliphatic carbocycles. The van der Waals surface area contributed by atoms with Gasteiger partial charge in [-0.2, -0.15) is 4.98 Å². The molecule has 100 valence electrons. The van der Waals surface area contributed by atoms with Crippen molar-refractivity contribution in [2.45, 2.75) is 42.4 Å². The average Bonchev–Trinajstić information content (AvgIpc) is 3.05. The highest BCUT2D eigenvalue weighted by Crippen LogP contribution is 2.45. The monoisotopic (exact) mass is 275 g/mol. The number of aromatic nitrogens is 2. The van der Waals surface area contributed by atoms with Crippen molar-refractivity contribution in [3.8, 4) is 0 Å². The third kappa shape index (κ3) is 2.53. The zero-order valence-electron chi connectivity index (χ0n) is 10.9. The molecule has 19 heavy (non-hydrogen) atoms. The quantitative estimate of drug-likeness (QED) is 0.927. The van der Waals surface area contributed by atoms with Crippen LogP contribution in [-0.4, -0.2) is 10.1 Å². The number of fused-ring (bicyclic) bond motifs is 1. The van der Waals surface area contributed by atoms with E-state index in [1.807, 2.05) is 0 Å². The minimum atomic E-state index is -0.115. The molecule has 0 bridgehead atoms. The summed E-state index contributed by atoms with van der Waals surface area (Å²) in [5.41, 5.74) is 7.37. The van der Waals surface area contributed by atoms with Crippen molar-refractivity contribution in [2.75, 3.05) is 0 Å². The lowest BCUT2D eigenvalue weighted by Gasteiger charge is -2.03. The van der Waals surface area contributed by atoms with Crippen LogP contribution in [0.25, 0.3) is 0 Å². The molecule has 2 atom stereocenters. The minimum Gasteiger partial charge on any atom is -0.338 e. The summed E-state index contributed by atoms with van der Waals surface area (Å²) in [6, 6.07) is 8.31. The third-order valence-corrected chi connectivity index (χ3v) is 4.62. The normalized spacial score (nSPS) is 19.4. The Balaban J connectivity index is 1.75. The van der Waals surface area contributed by atoms with E-state index in [-0.39, 0.29) is 11.3 Å². The van der Waals surface area contributed by atoms with E-state index in [1.165, 1.54) is 10.5 Å². The number of benzene rings is 1. The van der Waals surface area contributed by atoms with Crippen molar-refractivity contribution in [1.82, 2.24) is 10.1 Å². The summed E-state index contributed by atoms with van der Waals surface area (Å²) in [6.07, 6.45) is 2.86. The molecular weight excluding hydrogens is 258 g/mol. The third-order valence-electron chi connectivity index (χ3n) is 3.31. The van der Waals surface area contributed by atoms with Gasteiger partial charge in [-0.25, -0.2) is 0 Å². The van der Waals surface area contributed by atoms with Gasteiger partial charge in [0, 0.05) is 4.90 Å². The Kier molecular flexibility index (Phi) is 3.57. The van der Waals surface area contributed by atoms with Crippen molar-refractivity contribution >= 4 is 11.8 Å². The van der Waals surface area contributed by atoms with Gasteiger partial charge in [0.1, 0.15) is 0 Å². The first-order valence-corrected chi connectivity index (χ1v) is 7.49. The fourth-order valence-corrected chi connectivity index (χ4v) is 3.51. The second-order valence-electron chi connectivity index (χ2n) is 4.80. The zero-order valence-corrected chi connectivity index (χ0v) is 11.7. The van der Waals surface area contributed by atoms with E-state index in [2.05, 4.69) is 41.3 Å². The fraction of sp³-hybridized carbons (Fsp3) is 0.429. The Labute approximate surface area is 116 Å². The van der Waals surface area contributed by atoms with Crippen LogP contribution < -0.4 is 5.73 Å². The Bertz CT molecular complexity index is 544. The van der Waals surface area contributed by atoms with E-state index < -0.39 is 0 Å². The van der Waals surface area contributed by atoms with Gasteiger partial charge >= 0.3 is 0 Å². The molecule has 5 heteroatoms. The van der Waals surface area contributed by atoms with Crippen LogP contribution in [0.4, 0.5) is 0 Å². The predicted octanol–water partition coefficient (Wildman–Crippen LogP) is 3.26. The maximum absolute atomic E-state index is 6.01. The molecule has 4 nitrogen and oxygen atoms in total. The Morgan fingerprint density at radius 2 is 2.32 bits per heavy atom. The Morgan fingerprint density at radius 1 is 1.47 bits per heavy atom. The van der Waals surface area contributed by atoms with Crippen molar-refractivity contribution in [3.05, 3.63) is 41.5 Å². The molecule has 2 aromatic rings. The molecule has 1 aromatic carbocycles. The largest absolute Gasteiger partial charge is 0.338 e. The number of hydrogen-bond donors (Lipinski definition) is 1. The summed E-state index contributed by atoms with van der Waals surface area (Å²) in [7, 11) is 0. The summed E-state index contributed by atoms with van der Waals surface area (Å²) in [6.45, 7) is 2.10. The van der Waals surface area contributed by atoms with Crippen LogP contribution in [-0.2, 0) is 6.42 Å².